The first-order chi connectivity index (χ1) is 9.82. The number of hydrogen-bond acceptors (Lipinski definition) is 4. The fraction of sp³-hybridized carbons (Fsp3) is 0.462. The third-order valence-corrected chi connectivity index (χ3v) is 5.56. The van der Waals surface area contributed by atoms with Crippen molar-refractivity contribution in [3.8, 4) is 0 Å². The average Bonchev–Trinajstić information content (AvgIpc) is 2.46. The van der Waals surface area contributed by atoms with Crippen LogP contribution in [0.25, 0.3) is 0 Å². The summed E-state index contributed by atoms with van der Waals surface area (Å²) in [5, 5.41) is 0. The smallest absolute Gasteiger partial charge is 0.243 e. The van der Waals surface area contributed by atoms with Crippen LogP contribution in [0.1, 0.15) is 6.92 Å². The Morgan fingerprint density at radius 2 is 1.90 bits per heavy atom. The Kier molecular flexibility index (Phi) is 4.60. The minimum absolute atomic E-state index is 0.0566. The highest BCUT2D eigenvalue weighted by Crippen LogP contribution is 2.19. The Balaban J connectivity index is 2.09. The number of nitrogens with zero attached hydrogens (tertiary/aromatic N) is 2. The molecule has 1 aromatic carbocycles. The third-order valence-electron chi connectivity index (χ3n) is 3.67. The standard InChI is InChI=1S/C13H18FN3O3S/c1-10(13(15)18)16-5-7-17(8-6-16)21(19,20)12-4-2-3-11(14)9-12/h2-4,9-10H,5-8H2,1H3,(H2,15,18)/t10-/m0/s1. The molecule has 0 aliphatic carbocycles. The van der Waals surface area contributed by atoms with Crippen LogP contribution in [0.15, 0.2) is 29.2 Å². The van der Waals surface area contributed by atoms with E-state index in [1.165, 1.54) is 22.5 Å². The lowest BCUT2D eigenvalue weighted by Crippen LogP contribution is -2.54. The van der Waals surface area contributed by atoms with E-state index in [2.05, 4.69) is 0 Å². The van der Waals surface area contributed by atoms with Crippen molar-refractivity contribution in [1.29, 1.82) is 0 Å². The molecule has 21 heavy (non-hydrogen) atoms. The molecule has 0 aromatic heterocycles. The van der Waals surface area contributed by atoms with Gasteiger partial charge in [0.2, 0.25) is 15.9 Å². The topological polar surface area (TPSA) is 83.7 Å². The molecule has 0 bridgehead atoms. The van der Waals surface area contributed by atoms with Crippen LogP contribution in [0.4, 0.5) is 4.39 Å². The lowest BCUT2D eigenvalue weighted by Gasteiger charge is -2.36. The number of primary amides is 1. The van der Waals surface area contributed by atoms with Crippen LogP contribution in [-0.2, 0) is 14.8 Å². The van der Waals surface area contributed by atoms with Gasteiger partial charge in [-0.15, -0.1) is 0 Å². The zero-order valence-corrected chi connectivity index (χ0v) is 12.5. The van der Waals surface area contributed by atoms with E-state index in [0.717, 1.165) is 6.07 Å². The molecule has 8 heteroatoms. The summed E-state index contributed by atoms with van der Waals surface area (Å²) in [5.74, 6) is -1.02. The van der Waals surface area contributed by atoms with E-state index in [1.54, 1.807) is 6.92 Å². The fourth-order valence-corrected chi connectivity index (χ4v) is 3.74. The number of benzene rings is 1. The lowest BCUT2D eigenvalue weighted by atomic mass is 10.2. The maximum absolute atomic E-state index is 13.2. The van der Waals surface area contributed by atoms with Gasteiger partial charge in [-0.05, 0) is 25.1 Å². The Bertz CT molecular complexity index is 627. The van der Waals surface area contributed by atoms with Crippen molar-refractivity contribution >= 4 is 15.9 Å². The van der Waals surface area contributed by atoms with E-state index in [-0.39, 0.29) is 18.0 Å². The van der Waals surface area contributed by atoms with Crippen molar-refractivity contribution in [3.05, 3.63) is 30.1 Å². The highest BCUT2D eigenvalue weighted by molar-refractivity contribution is 7.89. The molecule has 0 spiro atoms. The monoisotopic (exact) mass is 315 g/mol. The molecule has 0 unspecified atom stereocenters. The summed E-state index contributed by atoms with van der Waals surface area (Å²) in [7, 11) is -3.70. The molecule has 1 atom stereocenters. The van der Waals surface area contributed by atoms with Gasteiger partial charge in [0.1, 0.15) is 5.82 Å². The van der Waals surface area contributed by atoms with Crippen molar-refractivity contribution < 1.29 is 17.6 Å². The molecule has 0 saturated carbocycles. The van der Waals surface area contributed by atoms with E-state index >= 15 is 0 Å². The summed E-state index contributed by atoms with van der Waals surface area (Å²) in [6.07, 6.45) is 0. The molecule has 1 heterocycles. The van der Waals surface area contributed by atoms with E-state index in [9.17, 15) is 17.6 Å². The molecule has 6 nitrogen and oxygen atoms in total. The van der Waals surface area contributed by atoms with Crippen molar-refractivity contribution in [2.24, 2.45) is 5.73 Å². The zero-order chi connectivity index (χ0) is 15.6. The number of amides is 1. The van der Waals surface area contributed by atoms with Gasteiger partial charge in [-0.1, -0.05) is 6.07 Å². The number of hydrogen-bond donors (Lipinski definition) is 1. The lowest BCUT2D eigenvalue weighted by molar-refractivity contribution is -0.123. The number of sulfonamides is 1. The summed E-state index contributed by atoms with van der Waals surface area (Å²) in [6, 6.07) is 4.52. The summed E-state index contributed by atoms with van der Waals surface area (Å²) < 4.78 is 39.3. The Hall–Kier alpha value is -1.51. The van der Waals surface area contributed by atoms with Crippen molar-refractivity contribution in [2.45, 2.75) is 17.9 Å². The second kappa shape index (κ2) is 6.08. The molecule has 1 fully saturated rings. The molecule has 1 aliphatic heterocycles. The maximum Gasteiger partial charge on any atom is 0.243 e. The molecule has 1 aromatic rings. The van der Waals surface area contributed by atoms with Crippen LogP contribution < -0.4 is 5.73 Å². The van der Waals surface area contributed by atoms with Gasteiger partial charge in [-0.2, -0.15) is 4.31 Å². The first-order valence-corrected chi connectivity index (χ1v) is 8.05. The zero-order valence-electron chi connectivity index (χ0n) is 11.7. The van der Waals surface area contributed by atoms with Crippen molar-refractivity contribution in [1.82, 2.24) is 9.21 Å². The molecular formula is C13H18FN3O3S. The van der Waals surface area contributed by atoms with Crippen LogP contribution in [0.2, 0.25) is 0 Å². The van der Waals surface area contributed by atoms with Crippen molar-refractivity contribution in [2.75, 3.05) is 26.2 Å². The fourth-order valence-electron chi connectivity index (χ4n) is 2.29. The van der Waals surface area contributed by atoms with E-state index in [1.807, 2.05) is 4.90 Å². The summed E-state index contributed by atoms with van der Waals surface area (Å²) in [5.41, 5.74) is 5.24. The molecule has 116 valence electrons. The number of carbonyl (C=O) groups is 1. The molecule has 1 aliphatic rings. The minimum atomic E-state index is -3.70. The quantitative estimate of drug-likeness (QED) is 0.848. The normalized spacial score (nSPS) is 19.3. The highest BCUT2D eigenvalue weighted by Gasteiger charge is 2.31. The van der Waals surface area contributed by atoms with Gasteiger partial charge in [0, 0.05) is 26.2 Å². The minimum Gasteiger partial charge on any atom is -0.368 e. The van der Waals surface area contributed by atoms with E-state index in [0.29, 0.717) is 13.1 Å². The van der Waals surface area contributed by atoms with Gasteiger partial charge >= 0.3 is 0 Å². The second-order valence-corrected chi connectivity index (χ2v) is 6.91. The Morgan fingerprint density at radius 1 is 1.29 bits per heavy atom. The third kappa shape index (κ3) is 3.39. The molecular weight excluding hydrogens is 297 g/mol. The number of carbonyl (C=O) groups excluding carboxylic acids is 1. The van der Waals surface area contributed by atoms with Crippen LogP contribution in [-0.4, -0.2) is 55.8 Å². The van der Waals surface area contributed by atoms with Gasteiger partial charge < -0.3 is 5.73 Å². The van der Waals surface area contributed by atoms with Gasteiger partial charge in [-0.25, -0.2) is 12.8 Å². The van der Waals surface area contributed by atoms with Gasteiger partial charge in [-0.3, -0.25) is 9.69 Å². The number of piperazine rings is 1. The van der Waals surface area contributed by atoms with Gasteiger partial charge in [0.15, 0.2) is 0 Å². The van der Waals surface area contributed by atoms with E-state index in [4.69, 9.17) is 5.73 Å². The summed E-state index contributed by atoms with van der Waals surface area (Å²) in [6.45, 7) is 3.02. The van der Waals surface area contributed by atoms with Crippen LogP contribution in [0.5, 0.6) is 0 Å². The Labute approximate surface area is 123 Å². The number of rotatable bonds is 4. The maximum atomic E-state index is 13.2. The SMILES string of the molecule is C[C@@H](C(N)=O)N1CCN(S(=O)(=O)c2cccc(F)c2)CC1. The Morgan fingerprint density at radius 3 is 2.43 bits per heavy atom. The first kappa shape index (κ1) is 15.9. The molecule has 2 rings (SSSR count). The molecule has 2 N–H and O–H groups in total. The van der Waals surface area contributed by atoms with Crippen LogP contribution in [0.3, 0.4) is 0 Å². The van der Waals surface area contributed by atoms with Crippen LogP contribution >= 0.6 is 0 Å². The number of halogens is 1. The largest absolute Gasteiger partial charge is 0.368 e. The van der Waals surface area contributed by atoms with Crippen molar-refractivity contribution in [3.63, 3.8) is 0 Å². The predicted molar refractivity (Wildman–Crippen MR) is 75.4 cm³/mol. The highest BCUT2D eigenvalue weighted by atomic mass is 32.2. The average molecular weight is 315 g/mol. The van der Waals surface area contributed by atoms with Gasteiger partial charge in [0.05, 0.1) is 10.9 Å². The molecule has 1 saturated heterocycles. The second-order valence-electron chi connectivity index (χ2n) is 4.98. The first-order valence-electron chi connectivity index (χ1n) is 6.61. The van der Waals surface area contributed by atoms with E-state index < -0.39 is 27.8 Å². The van der Waals surface area contributed by atoms with Gasteiger partial charge in [0.25, 0.3) is 0 Å². The van der Waals surface area contributed by atoms with Crippen LogP contribution in [0, 0.1) is 5.82 Å². The summed E-state index contributed by atoms with van der Waals surface area (Å²) >= 11 is 0. The molecule has 0 radical (unpaired) electrons. The summed E-state index contributed by atoms with van der Waals surface area (Å²) in [4.78, 5) is 12.9. The number of nitrogens with two attached hydrogens (primary N) is 1. The predicted octanol–water partition coefficient (Wildman–Crippen LogP) is 0.00580. The molecule has 1 amide bonds.